The molecule has 0 aromatic rings. The van der Waals surface area contributed by atoms with Gasteiger partial charge in [-0.05, 0) is 53.0 Å². The highest BCUT2D eigenvalue weighted by Gasteiger charge is 2.24. The molecular formula is C14H30N2. The Morgan fingerprint density at radius 2 is 1.88 bits per heavy atom. The van der Waals surface area contributed by atoms with Gasteiger partial charge in [-0.1, -0.05) is 13.3 Å². The van der Waals surface area contributed by atoms with Crippen LogP contribution in [0, 0.1) is 0 Å². The van der Waals surface area contributed by atoms with Crippen LogP contribution in [-0.2, 0) is 0 Å². The van der Waals surface area contributed by atoms with Gasteiger partial charge in [0.05, 0.1) is 0 Å². The van der Waals surface area contributed by atoms with Gasteiger partial charge >= 0.3 is 0 Å². The molecule has 0 saturated carbocycles. The molecule has 1 N–H and O–H groups in total. The summed E-state index contributed by atoms with van der Waals surface area (Å²) < 4.78 is 0. The van der Waals surface area contributed by atoms with Crippen LogP contribution in [0.5, 0.6) is 0 Å². The molecule has 1 heterocycles. The lowest BCUT2D eigenvalue weighted by Gasteiger charge is -2.39. The van der Waals surface area contributed by atoms with Gasteiger partial charge in [0.15, 0.2) is 0 Å². The first kappa shape index (κ1) is 14.0. The van der Waals surface area contributed by atoms with E-state index in [0.29, 0.717) is 6.04 Å². The summed E-state index contributed by atoms with van der Waals surface area (Å²) in [5, 5.41) is 3.57. The van der Waals surface area contributed by atoms with Gasteiger partial charge in [-0.15, -0.1) is 0 Å². The van der Waals surface area contributed by atoms with Gasteiger partial charge in [0.2, 0.25) is 0 Å². The molecule has 0 radical (unpaired) electrons. The molecule has 1 rings (SSSR count). The summed E-state index contributed by atoms with van der Waals surface area (Å²) in [6, 6.07) is 2.26. The van der Waals surface area contributed by atoms with Crippen LogP contribution >= 0.6 is 0 Å². The third kappa shape index (κ3) is 4.42. The number of nitrogens with zero attached hydrogens (tertiary/aromatic N) is 1. The van der Waals surface area contributed by atoms with Crippen molar-refractivity contribution in [3.63, 3.8) is 0 Å². The molecule has 0 amide bonds. The summed E-state index contributed by atoms with van der Waals surface area (Å²) >= 11 is 0. The molecule has 2 heteroatoms. The van der Waals surface area contributed by atoms with Crippen molar-refractivity contribution in [2.75, 3.05) is 13.1 Å². The van der Waals surface area contributed by atoms with Crippen LogP contribution in [0.4, 0.5) is 0 Å². The van der Waals surface area contributed by atoms with Crippen molar-refractivity contribution in [1.82, 2.24) is 10.2 Å². The molecule has 16 heavy (non-hydrogen) atoms. The first-order valence-corrected chi connectivity index (χ1v) is 7.14. The van der Waals surface area contributed by atoms with E-state index in [1.54, 1.807) is 0 Å². The molecule has 96 valence electrons. The second-order valence-corrected chi connectivity index (χ2v) is 5.51. The molecule has 0 aromatic carbocycles. The second kappa shape index (κ2) is 7.29. The SMILES string of the molecule is CCCNC(C)CCN1[C@H](C)CCC[C@@H]1C. The lowest BCUT2D eigenvalue weighted by Crippen LogP contribution is -2.45. The summed E-state index contributed by atoms with van der Waals surface area (Å²) in [4.78, 5) is 2.70. The van der Waals surface area contributed by atoms with E-state index in [-0.39, 0.29) is 0 Å². The number of piperidine rings is 1. The fourth-order valence-electron chi connectivity index (χ4n) is 2.75. The van der Waals surface area contributed by atoms with Crippen molar-refractivity contribution < 1.29 is 0 Å². The topological polar surface area (TPSA) is 15.3 Å². The Labute approximate surface area is 102 Å². The maximum atomic E-state index is 3.57. The highest BCUT2D eigenvalue weighted by atomic mass is 15.2. The molecule has 1 aliphatic heterocycles. The molecule has 3 atom stereocenters. The zero-order chi connectivity index (χ0) is 12.0. The average Bonchev–Trinajstić information content (AvgIpc) is 2.25. The standard InChI is InChI=1S/C14H30N2/c1-5-10-15-12(2)9-11-16-13(3)7-6-8-14(16)4/h12-15H,5-11H2,1-4H3/t12?,13-,14+. The monoisotopic (exact) mass is 226 g/mol. The molecule has 1 saturated heterocycles. The van der Waals surface area contributed by atoms with E-state index < -0.39 is 0 Å². The molecule has 1 fully saturated rings. The molecule has 0 aliphatic carbocycles. The van der Waals surface area contributed by atoms with E-state index in [1.807, 2.05) is 0 Å². The van der Waals surface area contributed by atoms with Crippen molar-refractivity contribution in [3.05, 3.63) is 0 Å². The summed E-state index contributed by atoms with van der Waals surface area (Å²) in [6.45, 7) is 11.7. The van der Waals surface area contributed by atoms with E-state index >= 15 is 0 Å². The van der Waals surface area contributed by atoms with Crippen LogP contribution in [0.3, 0.4) is 0 Å². The largest absolute Gasteiger partial charge is 0.314 e. The first-order chi connectivity index (χ1) is 7.65. The molecule has 0 spiro atoms. The fourth-order valence-corrected chi connectivity index (χ4v) is 2.75. The van der Waals surface area contributed by atoms with Gasteiger partial charge in [-0.3, -0.25) is 4.90 Å². The van der Waals surface area contributed by atoms with Crippen LogP contribution in [0.25, 0.3) is 0 Å². The molecule has 1 aliphatic rings. The predicted octanol–water partition coefficient (Wildman–Crippen LogP) is 3.03. The van der Waals surface area contributed by atoms with Crippen LogP contribution in [0.1, 0.15) is 59.8 Å². The Kier molecular flexibility index (Phi) is 6.37. The number of hydrogen-bond donors (Lipinski definition) is 1. The Morgan fingerprint density at radius 1 is 1.25 bits per heavy atom. The van der Waals surface area contributed by atoms with Gasteiger partial charge in [0, 0.05) is 24.7 Å². The van der Waals surface area contributed by atoms with Crippen LogP contribution < -0.4 is 5.32 Å². The van der Waals surface area contributed by atoms with E-state index in [4.69, 9.17) is 0 Å². The zero-order valence-electron chi connectivity index (χ0n) is 11.6. The van der Waals surface area contributed by atoms with E-state index in [1.165, 1.54) is 38.6 Å². The first-order valence-electron chi connectivity index (χ1n) is 7.14. The maximum absolute atomic E-state index is 3.57. The van der Waals surface area contributed by atoms with Gasteiger partial charge in [0.25, 0.3) is 0 Å². The molecule has 0 bridgehead atoms. The lowest BCUT2D eigenvalue weighted by atomic mass is 9.97. The van der Waals surface area contributed by atoms with E-state index in [2.05, 4.69) is 37.9 Å². The zero-order valence-corrected chi connectivity index (χ0v) is 11.6. The summed E-state index contributed by atoms with van der Waals surface area (Å²) in [5.74, 6) is 0. The van der Waals surface area contributed by atoms with Crippen LogP contribution in [-0.4, -0.2) is 36.1 Å². The quantitative estimate of drug-likeness (QED) is 0.749. The summed E-state index contributed by atoms with van der Waals surface area (Å²) in [5.41, 5.74) is 0. The van der Waals surface area contributed by atoms with Crippen molar-refractivity contribution in [1.29, 1.82) is 0 Å². The lowest BCUT2D eigenvalue weighted by molar-refractivity contribution is 0.0988. The van der Waals surface area contributed by atoms with E-state index in [9.17, 15) is 0 Å². The summed E-state index contributed by atoms with van der Waals surface area (Å²) in [7, 11) is 0. The Hall–Kier alpha value is -0.0800. The van der Waals surface area contributed by atoms with Crippen molar-refractivity contribution in [2.24, 2.45) is 0 Å². The Balaban J connectivity index is 2.24. The number of rotatable bonds is 6. The minimum atomic E-state index is 0.668. The predicted molar refractivity (Wildman–Crippen MR) is 71.9 cm³/mol. The number of likely N-dealkylation sites (tertiary alicyclic amines) is 1. The number of hydrogen-bond acceptors (Lipinski definition) is 2. The third-order valence-corrected chi connectivity index (χ3v) is 3.94. The van der Waals surface area contributed by atoms with Crippen molar-refractivity contribution in [2.45, 2.75) is 77.9 Å². The maximum Gasteiger partial charge on any atom is 0.00697 e. The highest BCUT2D eigenvalue weighted by molar-refractivity contribution is 4.80. The minimum Gasteiger partial charge on any atom is -0.314 e. The molecular weight excluding hydrogens is 196 g/mol. The Bertz CT molecular complexity index is 172. The third-order valence-electron chi connectivity index (χ3n) is 3.94. The normalized spacial score (nSPS) is 29.2. The molecule has 0 aromatic heterocycles. The summed E-state index contributed by atoms with van der Waals surface area (Å²) in [6.07, 6.45) is 6.72. The number of nitrogens with one attached hydrogen (secondary N) is 1. The average molecular weight is 226 g/mol. The van der Waals surface area contributed by atoms with Gasteiger partial charge in [-0.2, -0.15) is 0 Å². The van der Waals surface area contributed by atoms with Crippen molar-refractivity contribution in [3.8, 4) is 0 Å². The van der Waals surface area contributed by atoms with Crippen LogP contribution in [0.15, 0.2) is 0 Å². The highest BCUT2D eigenvalue weighted by Crippen LogP contribution is 2.22. The Morgan fingerprint density at radius 3 is 2.44 bits per heavy atom. The fraction of sp³-hybridized carbons (Fsp3) is 1.00. The van der Waals surface area contributed by atoms with E-state index in [0.717, 1.165) is 18.6 Å². The minimum absolute atomic E-state index is 0.668. The van der Waals surface area contributed by atoms with Gasteiger partial charge in [-0.25, -0.2) is 0 Å². The molecule has 2 nitrogen and oxygen atoms in total. The van der Waals surface area contributed by atoms with Crippen LogP contribution in [0.2, 0.25) is 0 Å². The molecule has 1 unspecified atom stereocenters. The van der Waals surface area contributed by atoms with Gasteiger partial charge < -0.3 is 5.32 Å². The smallest absolute Gasteiger partial charge is 0.00697 e. The second-order valence-electron chi connectivity index (χ2n) is 5.51. The van der Waals surface area contributed by atoms with Gasteiger partial charge in [0.1, 0.15) is 0 Å². The van der Waals surface area contributed by atoms with Crippen molar-refractivity contribution >= 4 is 0 Å².